The predicted molar refractivity (Wildman–Crippen MR) is 85.2 cm³/mol. The van der Waals surface area contributed by atoms with Gasteiger partial charge in [0.15, 0.2) is 0 Å². The molecule has 1 heterocycles. The Bertz CT molecular complexity index is 814. The fourth-order valence-corrected chi connectivity index (χ4v) is 3.59. The van der Waals surface area contributed by atoms with Crippen molar-refractivity contribution in [2.45, 2.75) is 30.8 Å². The minimum atomic E-state index is -0.977. The van der Waals surface area contributed by atoms with Gasteiger partial charge in [0.25, 0.3) is 5.91 Å². The van der Waals surface area contributed by atoms with Crippen LogP contribution in [0.5, 0.6) is 0 Å². The largest absolute Gasteiger partial charge is 0.481 e. The first-order valence-corrected chi connectivity index (χ1v) is 7.98. The van der Waals surface area contributed by atoms with Crippen LogP contribution in [0.1, 0.15) is 46.3 Å². The van der Waals surface area contributed by atoms with Gasteiger partial charge in [0.1, 0.15) is 11.7 Å². The van der Waals surface area contributed by atoms with Crippen LogP contribution >= 0.6 is 0 Å². The summed E-state index contributed by atoms with van der Waals surface area (Å²) in [6.45, 7) is 0. The van der Waals surface area contributed by atoms with Gasteiger partial charge in [0.2, 0.25) is 0 Å². The quantitative estimate of drug-likeness (QED) is 0.941. The molecular formula is C19H16FNO3. The second kappa shape index (κ2) is 5.44. The Balaban J connectivity index is 1.91. The molecule has 2 unspecified atom stereocenters. The summed E-state index contributed by atoms with van der Waals surface area (Å²) in [6.07, 6.45) is 1.75. The molecule has 2 atom stereocenters. The molecule has 0 radical (unpaired) electrons. The molecule has 1 aliphatic carbocycles. The molecule has 1 N–H and O–H groups in total. The fraction of sp³-hybridized carbons (Fsp3) is 0.263. The van der Waals surface area contributed by atoms with Crippen LogP contribution < -0.4 is 0 Å². The molecule has 4 rings (SSSR count). The first-order valence-electron chi connectivity index (χ1n) is 7.98. The van der Waals surface area contributed by atoms with E-state index in [0.29, 0.717) is 16.7 Å². The maximum atomic E-state index is 13.3. The van der Waals surface area contributed by atoms with E-state index in [1.165, 1.54) is 12.1 Å². The topological polar surface area (TPSA) is 57.6 Å². The highest BCUT2D eigenvalue weighted by molar-refractivity contribution is 6.00. The number of halogens is 1. The molecule has 24 heavy (non-hydrogen) atoms. The summed E-state index contributed by atoms with van der Waals surface area (Å²) in [7, 11) is 0. The molecule has 1 saturated carbocycles. The van der Waals surface area contributed by atoms with Crippen molar-refractivity contribution in [3.8, 4) is 0 Å². The maximum absolute atomic E-state index is 13.3. The normalized spacial score (nSPS) is 23.0. The van der Waals surface area contributed by atoms with Gasteiger partial charge in [-0.3, -0.25) is 9.59 Å². The van der Waals surface area contributed by atoms with Gasteiger partial charge < -0.3 is 10.0 Å². The number of hydrogen-bond acceptors (Lipinski definition) is 2. The summed E-state index contributed by atoms with van der Waals surface area (Å²) in [4.78, 5) is 26.7. The van der Waals surface area contributed by atoms with E-state index >= 15 is 0 Å². The van der Waals surface area contributed by atoms with Crippen LogP contribution in [0, 0.1) is 5.82 Å². The van der Waals surface area contributed by atoms with E-state index in [1.807, 2.05) is 0 Å². The van der Waals surface area contributed by atoms with Gasteiger partial charge in [-0.2, -0.15) is 0 Å². The Labute approximate surface area is 138 Å². The van der Waals surface area contributed by atoms with E-state index < -0.39 is 17.9 Å². The molecule has 1 fully saturated rings. The Hall–Kier alpha value is -2.69. The van der Waals surface area contributed by atoms with Gasteiger partial charge in [-0.15, -0.1) is 0 Å². The first-order chi connectivity index (χ1) is 11.6. The van der Waals surface area contributed by atoms with Crippen molar-refractivity contribution in [1.82, 2.24) is 4.90 Å². The SMILES string of the molecule is O=C(O)C1c2ccccc2C(=O)N(C2CC2)C1c1ccc(F)cc1. The van der Waals surface area contributed by atoms with Gasteiger partial charge in [-0.05, 0) is 42.2 Å². The fourth-order valence-electron chi connectivity index (χ4n) is 3.59. The Kier molecular flexibility index (Phi) is 3.37. The first kappa shape index (κ1) is 14.9. The van der Waals surface area contributed by atoms with Crippen LogP contribution in [0.3, 0.4) is 0 Å². The average Bonchev–Trinajstić information content (AvgIpc) is 3.40. The van der Waals surface area contributed by atoms with Crippen LogP contribution in [-0.4, -0.2) is 27.9 Å². The summed E-state index contributed by atoms with van der Waals surface area (Å²) in [6, 6.07) is 12.1. The molecule has 0 spiro atoms. The summed E-state index contributed by atoms with van der Waals surface area (Å²) >= 11 is 0. The zero-order valence-corrected chi connectivity index (χ0v) is 12.9. The number of benzene rings is 2. The summed E-state index contributed by atoms with van der Waals surface area (Å²) in [5, 5.41) is 9.87. The molecule has 1 aliphatic heterocycles. The zero-order valence-electron chi connectivity index (χ0n) is 12.9. The van der Waals surface area contributed by atoms with E-state index in [-0.39, 0.29) is 17.8 Å². The number of carbonyl (C=O) groups excluding carboxylic acids is 1. The van der Waals surface area contributed by atoms with Gasteiger partial charge in [0, 0.05) is 11.6 Å². The van der Waals surface area contributed by atoms with Crippen molar-refractivity contribution in [1.29, 1.82) is 0 Å². The molecule has 2 aliphatic rings. The standard InChI is InChI=1S/C19H16FNO3/c20-12-7-5-11(6-8-12)17-16(19(23)24)14-3-1-2-4-15(14)18(22)21(17)13-9-10-13/h1-8,13,16-17H,9-10H2,(H,23,24). The lowest BCUT2D eigenvalue weighted by atomic mass is 9.79. The summed E-state index contributed by atoms with van der Waals surface area (Å²) in [5.74, 6) is -2.36. The highest BCUT2D eigenvalue weighted by atomic mass is 19.1. The number of rotatable bonds is 3. The molecule has 0 saturated heterocycles. The van der Waals surface area contributed by atoms with Crippen molar-refractivity contribution < 1.29 is 19.1 Å². The molecular weight excluding hydrogens is 309 g/mol. The average molecular weight is 325 g/mol. The molecule has 2 aromatic rings. The lowest BCUT2D eigenvalue weighted by molar-refractivity contribution is -0.140. The Morgan fingerprint density at radius 3 is 2.38 bits per heavy atom. The second-order valence-corrected chi connectivity index (χ2v) is 6.34. The van der Waals surface area contributed by atoms with E-state index in [4.69, 9.17) is 0 Å². The van der Waals surface area contributed by atoms with E-state index in [0.717, 1.165) is 12.8 Å². The number of hydrogen-bond donors (Lipinski definition) is 1. The zero-order chi connectivity index (χ0) is 16.8. The van der Waals surface area contributed by atoms with E-state index in [9.17, 15) is 19.1 Å². The van der Waals surface area contributed by atoms with E-state index in [1.54, 1.807) is 41.3 Å². The lowest BCUT2D eigenvalue weighted by Crippen LogP contribution is -2.46. The van der Waals surface area contributed by atoms with Crippen molar-refractivity contribution in [2.75, 3.05) is 0 Å². The van der Waals surface area contributed by atoms with Crippen molar-refractivity contribution in [3.05, 3.63) is 71.0 Å². The minimum absolute atomic E-state index is 0.0581. The molecule has 2 aromatic carbocycles. The number of carboxylic acid groups (broad SMARTS) is 1. The Morgan fingerprint density at radius 1 is 1.08 bits per heavy atom. The highest BCUT2D eigenvalue weighted by Crippen LogP contribution is 2.47. The number of nitrogens with zero attached hydrogens (tertiary/aromatic N) is 1. The molecule has 5 heteroatoms. The second-order valence-electron chi connectivity index (χ2n) is 6.34. The van der Waals surface area contributed by atoms with Crippen LogP contribution in [0.2, 0.25) is 0 Å². The van der Waals surface area contributed by atoms with Crippen LogP contribution in [0.25, 0.3) is 0 Å². The minimum Gasteiger partial charge on any atom is -0.481 e. The smallest absolute Gasteiger partial charge is 0.313 e. The third kappa shape index (κ3) is 2.28. The predicted octanol–water partition coefficient (Wildman–Crippen LogP) is 3.35. The molecule has 0 aromatic heterocycles. The third-order valence-corrected chi connectivity index (χ3v) is 4.79. The number of fused-ring (bicyclic) bond motifs is 1. The van der Waals surface area contributed by atoms with Crippen LogP contribution in [0.15, 0.2) is 48.5 Å². The number of amides is 1. The monoisotopic (exact) mass is 325 g/mol. The Morgan fingerprint density at radius 2 is 1.75 bits per heavy atom. The summed E-state index contributed by atoms with van der Waals surface area (Å²) < 4.78 is 13.3. The number of carbonyl (C=O) groups is 2. The van der Waals surface area contributed by atoms with Crippen LogP contribution in [0.4, 0.5) is 4.39 Å². The third-order valence-electron chi connectivity index (χ3n) is 4.79. The maximum Gasteiger partial charge on any atom is 0.313 e. The number of aliphatic carboxylic acids is 1. The molecule has 4 nitrogen and oxygen atoms in total. The van der Waals surface area contributed by atoms with E-state index in [2.05, 4.69) is 0 Å². The highest BCUT2D eigenvalue weighted by Gasteiger charge is 2.49. The van der Waals surface area contributed by atoms with Crippen molar-refractivity contribution in [3.63, 3.8) is 0 Å². The van der Waals surface area contributed by atoms with Crippen LogP contribution in [-0.2, 0) is 4.79 Å². The lowest BCUT2D eigenvalue weighted by Gasteiger charge is -2.41. The van der Waals surface area contributed by atoms with Gasteiger partial charge in [-0.25, -0.2) is 4.39 Å². The molecule has 122 valence electrons. The van der Waals surface area contributed by atoms with Gasteiger partial charge in [-0.1, -0.05) is 30.3 Å². The summed E-state index contributed by atoms with van der Waals surface area (Å²) in [5.41, 5.74) is 1.63. The molecule has 1 amide bonds. The van der Waals surface area contributed by atoms with Gasteiger partial charge >= 0.3 is 5.97 Å². The van der Waals surface area contributed by atoms with Crippen molar-refractivity contribution in [2.24, 2.45) is 0 Å². The van der Waals surface area contributed by atoms with Crippen molar-refractivity contribution >= 4 is 11.9 Å². The molecule has 0 bridgehead atoms. The van der Waals surface area contributed by atoms with Gasteiger partial charge in [0.05, 0.1) is 6.04 Å². The number of carboxylic acids is 1.